The van der Waals surface area contributed by atoms with Crippen LogP contribution in [0.5, 0.6) is 0 Å². The highest BCUT2D eigenvalue weighted by molar-refractivity contribution is 5.76. The Morgan fingerprint density at radius 1 is 1.45 bits per heavy atom. The number of aryl methyl sites for hydroxylation is 1. The van der Waals surface area contributed by atoms with E-state index in [1.54, 1.807) is 0 Å². The largest absolute Gasteiger partial charge is 0.328 e. The Kier molecular flexibility index (Phi) is 3.28. The van der Waals surface area contributed by atoms with Gasteiger partial charge in [0, 0.05) is 24.1 Å². The summed E-state index contributed by atoms with van der Waals surface area (Å²) in [5.74, 6) is 0.788. The first-order valence-corrected chi connectivity index (χ1v) is 7.48. The monoisotopic (exact) mass is 275 g/mol. The van der Waals surface area contributed by atoms with Crippen LogP contribution >= 0.6 is 0 Å². The highest BCUT2D eigenvalue weighted by Crippen LogP contribution is 2.39. The summed E-state index contributed by atoms with van der Waals surface area (Å²) >= 11 is 0. The Morgan fingerprint density at radius 3 is 2.95 bits per heavy atom. The van der Waals surface area contributed by atoms with Crippen molar-refractivity contribution in [2.24, 2.45) is 5.73 Å². The topological polar surface area (TPSA) is 43.8 Å². The van der Waals surface area contributed by atoms with E-state index in [9.17, 15) is 4.39 Å². The fourth-order valence-electron chi connectivity index (χ4n) is 3.50. The number of rotatable bonds is 2. The van der Waals surface area contributed by atoms with Gasteiger partial charge in [-0.3, -0.25) is 0 Å². The minimum absolute atomic E-state index is 0.107. The van der Waals surface area contributed by atoms with Crippen LogP contribution in [-0.4, -0.2) is 15.6 Å². The van der Waals surface area contributed by atoms with Crippen molar-refractivity contribution in [1.29, 1.82) is 0 Å². The molecule has 0 saturated heterocycles. The van der Waals surface area contributed by atoms with Crippen molar-refractivity contribution in [2.45, 2.75) is 57.5 Å². The summed E-state index contributed by atoms with van der Waals surface area (Å²) in [6.45, 7) is 5.14. The molecule has 20 heavy (non-hydrogen) atoms. The predicted octanol–water partition coefficient (Wildman–Crippen LogP) is 3.35. The molecule has 0 bridgehead atoms. The van der Waals surface area contributed by atoms with Gasteiger partial charge in [0.2, 0.25) is 0 Å². The maximum atomic E-state index is 13.4. The number of fused-ring (bicyclic) bond motifs is 1. The maximum Gasteiger partial charge on any atom is 0.125 e. The second kappa shape index (κ2) is 4.85. The third-order valence-electron chi connectivity index (χ3n) is 4.82. The van der Waals surface area contributed by atoms with Gasteiger partial charge in [0.15, 0.2) is 0 Å². The van der Waals surface area contributed by atoms with Crippen molar-refractivity contribution in [3.8, 4) is 0 Å². The molecule has 2 N–H and O–H groups in total. The van der Waals surface area contributed by atoms with Crippen molar-refractivity contribution in [3.05, 3.63) is 29.8 Å². The van der Waals surface area contributed by atoms with Gasteiger partial charge in [-0.2, -0.15) is 0 Å². The van der Waals surface area contributed by atoms with Crippen molar-refractivity contribution < 1.29 is 4.39 Å². The molecule has 0 amide bonds. The quantitative estimate of drug-likeness (QED) is 0.913. The fraction of sp³-hybridized carbons (Fsp3) is 0.562. The van der Waals surface area contributed by atoms with Gasteiger partial charge in [0.1, 0.15) is 11.6 Å². The first kappa shape index (κ1) is 13.6. The summed E-state index contributed by atoms with van der Waals surface area (Å²) in [6, 6.07) is 4.97. The summed E-state index contributed by atoms with van der Waals surface area (Å²) in [7, 11) is 0. The molecule has 1 heterocycles. The average molecular weight is 275 g/mol. The van der Waals surface area contributed by atoms with Gasteiger partial charge in [-0.05, 0) is 31.9 Å². The smallest absolute Gasteiger partial charge is 0.125 e. The number of aromatic nitrogens is 2. The van der Waals surface area contributed by atoms with Crippen LogP contribution < -0.4 is 5.73 Å². The van der Waals surface area contributed by atoms with E-state index in [1.165, 1.54) is 25.0 Å². The van der Waals surface area contributed by atoms with Crippen molar-refractivity contribution >= 4 is 11.0 Å². The Hall–Kier alpha value is -1.42. The number of benzene rings is 1. The van der Waals surface area contributed by atoms with E-state index in [0.717, 1.165) is 36.2 Å². The molecule has 2 aromatic rings. The van der Waals surface area contributed by atoms with Gasteiger partial charge in [-0.25, -0.2) is 9.37 Å². The molecule has 4 heteroatoms. The van der Waals surface area contributed by atoms with Gasteiger partial charge in [0.25, 0.3) is 0 Å². The molecule has 1 aliphatic carbocycles. The normalized spacial score (nSPS) is 27.1. The first-order valence-electron chi connectivity index (χ1n) is 7.48. The number of hydrogen-bond acceptors (Lipinski definition) is 2. The van der Waals surface area contributed by atoms with Crippen LogP contribution in [0.4, 0.5) is 4.39 Å². The lowest BCUT2D eigenvalue weighted by Crippen LogP contribution is -2.47. The zero-order valence-corrected chi connectivity index (χ0v) is 12.2. The molecule has 3 nitrogen and oxygen atoms in total. The molecular formula is C16H22FN3. The SMILES string of the molecule is CCn1c(C2(C)CCCCC2N)nc2cc(F)ccc21. The van der Waals surface area contributed by atoms with E-state index in [-0.39, 0.29) is 17.3 Å². The van der Waals surface area contributed by atoms with Gasteiger partial charge in [0.05, 0.1) is 11.0 Å². The number of imidazole rings is 1. The molecule has 1 aliphatic rings. The zero-order valence-electron chi connectivity index (χ0n) is 12.2. The molecule has 3 rings (SSSR count). The van der Waals surface area contributed by atoms with Crippen molar-refractivity contribution in [2.75, 3.05) is 0 Å². The van der Waals surface area contributed by atoms with Crippen molar-refractivity contribution in [1.82, 2.24) is 9.55 Å². The first-order chi connectivity index (χ1) is 9.56. The molecule has 2 atom stereocenters. The van der Waals surface area contributed by atoms with Gasteiger partial charge in [-0.15, -0.1) is 0 Å². The number of hydrogen-bond donors (Lipinski definition) is 1. The number of halogens is 1. The highest BCUT2D eigenvalue weighted by Gasteiger charge is 2.39. The van der Waals surface area contributed by atoms with E-state index in [0.29, 0.717) is 0 Å². The Morgan fingerprint density at radius 2 is 2.25 bits per heavy atom. The summed E-state index contributed by atoms with van der Waals surface area (Å²) in [4.78, 5) is 4.73. The van der Waals surface area contributed by atoms with E-state index in [4.69, 9.17) is 10.7 Å². The van der Waals surface area contributed by atoms with Crippen LogP contribution in [-0.2, 0) is 12.0 Å². The lowest BCUT2D eigenvalue weighted by atomic mass is 9.71. The lowest BCUT2D eigenvalue weighted by molar-refractivity contribution is 0.252. The highest BCUT2D eigenvalue weighted by atomic mass is 19.1. The standard InChI is InChI=1S/C16H22FN3/c1-3-20-13-8-7-11(17)10-12(13)19-15(20)16(2)9-5-4-6-14(16)18/h7-8,10,14H,3-6,9,18H2,1-2H3. The van der Waals surface area contributed by atoms with Crippen LogP contribution in [0.15, 0.2) is 18.2 Å². The van der Waals surface area contributed by atoms with E-state index in [2.05, 4.69) is 18.4 Å². The third-order valence-corrected chi connectivity index (χ3v) is 4.82. The molecule has 108 valence electrons. The van der Waals surface area contributed by atoms with Gasteiger partial charge < -0.3 is 10.3 Å². The summed E-state index contributed by atoms with van der Waals surface area (Å²) < 4.78 is 15.6. The van der Waals surface area contributed by atoms with Crippen LogP contribution in [0.2, 0.25) is 0 Å². The van der Waals surface area contributed by atoms with Gasteiger partial charge >= 0.3 is 0 Å². The Labute approximate surface area is 119 Å². The van der Waals surface area contributed by atoms with Crippen LogP contribution in [0, 0.1) is 5.82 Å². The zero-order chi connectivity index (χ0) is 14.3. The molecule has 1 aromatic carbocycles. The number of nitrogens with zero attached hydrogens (tertiary/aromatic N) is 2. The minimum atomic E-state index is -0.233. The van der Waals surface area contributed by atoms with Crippen LogP contribution in [0.3, 0.4) is 0 Å². The molecular weight excluding hydrogens is 253 g/mol. The Balaban J connectivity index is 2.19. The molecule has 0 spiro atoms. The minimum Gasteiger partial charge on any atom is -0.328 e. The van der Waals surface area contributed by atoms with Gasteiger partial charge in [-0.1, -0.05) is 19.8 Å². The molecule has 1 aromatic heterocycles. The summed E-state index contributed by atoms with van der Waals surface area (Å²) in [5, 5.41) is 0. The van der Waals surface area contributed by atoms with Crippen LogP contribution in [0.25, 0.3) is 11.0 Å². The van der Waals surface area contributed by atoms with Crippen LogP contribution in [0.1, 0.15) is 45.4 Å². The van der Waals surface area contributed by atoms with E-state index >= 15 is 0 Å². The van der Waals surface area contributed by atoms with Crippen molar-refractivity contribution in [3.63, 3.8) is 0 Å². The Bertz CT molecular complexity index is 634. The molecule has 2 unspecified atom stereocenters. The predicted molar refractivity (Wildman–Crippen MR) is 79.2 cm³/mol. The average Bonchev–Trinajstić information content (AvgIpc) is 2.80. The summed E-state index contributed by atoms with van der Waals surface area (Å²) in [5.41, 5.74) is 8.03. The van der Waals surface area contributed by atoms with E-state index < -0.39 is 0 Å². The third kappa shape index (κ3) is 1.94. The maximum absolute atomic E-state index is 13.4. The lowest BCUT2D eigenvalue weighted by Gasteiger charge is -2.39. The second-order valence-electron chi connectivity index (χ2n) is 6.08. The second-order valence-corrected chi connectivity index (χ2v) is 6.08. The molecule has 0 aliphatic heterocycles. The summed E-state index contributed by atoms with van der Waals surface area (Å²) in [6.07, 6.45) is 4.47. The molecule has 1 saturated carbocycles. The fourth-order valence-corrected chi connectivity index (χ4v) is 3.50. The molecule has 1 fully saturated rings. The van der Waals surface area contributed by atoms with E-state index in [1.807, 2.05) is 6.07 Å². The molecule has 0 radical (unpaired) electrons. The number of nitrogens with two attached hydrogens (primary N) is 1.